The summed E-state index contributed by atoms with van der Waals surface area (Å²) in [5.74, 6) is -1.86. The molecule has 1 fully saturated rings. The summed E-state index contributed by atoms with van der Waals surface area (Å²) >= 11 is 0. The average molecular weight is 228 g/mol. The highest BCUT2D eigenvalue weighted by molar-refractivity contribution is 5.63. The van der Waals surface area contributed by atoms with Gasteiger partial charge < -0.3 is 5.32 Å². The molecule has 1 aromatic rings. The molecule has 1 aliphatic rings. The first-order valence-electron chi connectivity index (χ1n) is 4.98. The summed E-state index contributed by atoms with van der Waals surface area (Å²) in [5, 5.41) is 13.4. The van der Waals surface area contributed by atoms with E-state index >= 15 is 0 Å². The lowest BCUT2D eigenvalue weighted by molar-refractivity contribution is -0.384. The number of anilines is 1. The molecule has 1 aromatic carbocycles. The molecule has 0 bridgehead atoms. The van der Waals surface area contributed by atoms with Gasteiger partial charge in [0.1, 0.15) is 11.5 Å². The van der Waals surface area contributed by atoms with Crippen molar-refractivity contribution in [3.63, 3.8) is 0 Å². The van der Waals surface area contributed by atoms with Crippen LogP contribution in [0.3, 0.4) is 0 Å². The molecule has 86 valence electrons. The third kappa shape index (κ3) is 1.95. The fourth-order valence-corrected chi connectivity index (χ4v) is 1.60. The van der Waals surface area contributed by atoms with E-state index in [4.69, 9.17) is 0 Å². The fraction of sp³-hybridized carbons (Fsp3) is 0.400. The van der Waals surface area contributed by atoms with Gasteiger partial charge in [-0.1, -0.05) is 0 Å². The molecular weight excluding hydrogens is 218 g/mol. The first kappa shape index (κ1) is 10.8. The monoisotopic (exact) mass is 228 g/mol. The summed E-state index contributed by atoms with van der Waals surface area (Å²) in [4.78, 5) is 9.86. The molecule has 4 nitrogen and oxygen atoms in total. The van der Waals surface area contributed by atoms with E-state index in [0.29, 0.717) is 6.07 Å². The molecule has 0 atom stereocenters. The van der Waals surface area contributed by atoms with Crippen LogP contribution in [0, 0.1) is 21.7 Å². The largest absolute Gasteiger partial charge is 0.374 e. The molecule has 2 rings (SSSR count). The first-order valence-corrected chi connectivity index (χ1v) is 4.98. The second kappa shape index (κ2) is 4.03. The van der Waals surface area contributed by atoms with E-state index in [1.54, 1.807) is 0 Å². The third-order valence-electron chi connectivity index (χ3n) is 2.68. The van der Waals surface area contributed by atoms with Crippen LogP contribution in [0.4, 0.5) is 20.2 Å². The molecule has 0 heterocycles. The molecule has 6 heteroatoms. The maximum Gasteiger partial charge on any atom is 0.298 e. The van der Waals surface area contributed by atoms with Crippen molar-refractivity contribution in [3.8, 4) is 0 Å². The number of hydrogen-bond donors (Lipinski definition) is 1. The molecule has 0 aromatic heterocycles. The predicted octanol–water partition coefficient (Wildman–Crippen LogP) is 2.84. The number of rotatable bonds is 3. The van der Waals surface area contributed by atoms with Crippen LogP contribution in [-0.2, 0) is 0 Å². The van der Waals surface area contributed by atoms with Crippen LogP contribution < -0.4 is 5.32 Å². The lowest BCUT2D eigenvalue weighted by Crippen LogP contribution is -2.28. The van der Waals surface area contributed by atoms with Crippen LogP contribution in [0.15, 0.2) is 12.1 Å². The number of benzene rings is 1. The van der Waals surface area contributed by atoms with E-state index < -0.39 is 22.2 Å². The summed E-state index contributed by atoms with van der Waals surface area (Å²) in [5.41, 5.74) is -0.763. The number of halogens is 2. The van der Waals surface area contributed by atoms with Crippen LogP contribution in [0.25, 0.3) is 0 Å². The molecule has 1 N–H and O–H groups in total. The number of nitrogens with zero attached hydrogens (tertiary/aromatic N) is 1. The second-order valence-corrected chi connectivity index (χ2v) is 3.81. The second-order valence-electron chi connectivity index (χ2n) is 3.81. The molecule has 16 heavy (non-hydrogen) atoms. The van der Waals surface area contributed by atoms with Crippen molar-refractivity contribution in [1.82, 2.24) is 0 Å². The van der Waals surface area contributed by atoms with E-state index in [-0.39, 0.29) is 11.7 Å². The smallest absolute Gasteiger partial charge is 0.298 e. The van der Waals surface area contributed by atoms with Gasteiger partial charge in [0.2, 0.25) is 0 Å². The van der Waals surface area contributed by atoms with Crippen molar-refractivity contribution in [2.75, 3.05) is 5.32 Å². The van der Waals surface area contributed by atoms with Gasteiger partial charge in [-0.05, 0) is 19.3 Å². The Balaban J connectivity index is 2.35. The van der Waals surface area contributed by atoms with Crippen LogP contribution >= 0.6 is 0 Å². The maximum atomic E-state index is 13.4. The highest BCUT2D eigenvalue weighted by atomic mass is 19.1. The zero-order valence-corrected chi connectivity index (χ0v) is 8.37. The van der Waals surface area contributed by atoms with Crippen LogP contribution in [-0.4, -0.2) is 11.0 Å². The standard InChI is InChI=1S/C10H10F2N2O2/c11-6-4-8(12)10(9(5-6)14(15)16)13-7-2-1-3-7/h4-5,7,13H,1-3H2. The minimum Gasteiger partial charge on any atom is -0.374 e. The van der Waals surface area contributed by atoms with E-state index in [1.807, 2.05) is 0 Å². The summed E-state index contributed by atoms with van der Waals surface area (Å²) in [6.45, 7) is 0. The molecule has 0 saturated heterocycles. The molecule has 0 radical (unpaired) electrons. The summed E-state index contributed by atoms with van der Waals surface area (Å²) in [6, 6.07) is 1.43. The highest BCUT2D eigenvalue weighted by Gasteiger charge is 2.25. The first-order chi connectivity index (χ1) is 7.58. The number of hydrogen-bond acceptors (Lipinski definition) is 3. The quantitative estimate of drug-likeness (QED) is 0.639. The van der Waals surface area contributed by atoms with Gasteiger partial charge in [0.05, 0.1) is 11.0 Å². The SMILES string of the molecule is O=[N+]([O-])c1cc(F)cc(F)c1NC1CCC1. The Kier molecular flexibility index (Phi) is 2.72. The van der Waals surface area contributed by atoms with Gasteiger partial charge >= 0.3 is 0 Å². The lowest BCUT2D eigenvalue weighted by Gasteiger charge is -2.27. The van der Waals surface area contributed by atoms with Crippen molar-refractivity contribution in [2.45, 2.75) is 25.3 Å². The Bertz CT molecular complexity index is 433. The maximum absolute atomic E-state index is 13.4. The number of nitrogens with one attached hydrogen (secondary N) is 1. The zero-order chi connectivity index (χ0) is 11.7. The van der Waals surface area contributed by atoms with Gasteiger partial charge in [-0.15, -0.1) is 0 Å². The molecule has 1 aliphatic carbocycles. The Hall–Kier alpha value is -1.72. The fourth-order valence-electron chi connectivity index (χ4n) is 1.60. The van der Waals surface area contributed by atoms with Crippen molar-refractivity contribution in [1.29, 1.82) is 0 Å². The normalized spacial score (nSPS) is 15.6. The minimum absolute atomic E-state index is 0.0543. The Labute approximate surface area is 90.4 Å². The van der Waals surface area contributed by atoms with Crippen LogP contribution in [0.5, 0.6) is 0 Å². The number of nitro benzene ring substituents is 1. The molecule has 0 amide bonds. The van der Waals surface area contributed by atoms with Crippen molar-refractivity contribution >= 4 is 11.4 Å². The molecule has 0 aliphatic heterocycles. The van der Waals surface area contributed by atoms with E-state index in [2.05, 4.69) is 5.32 Å². The van der Waals surface area contributed by atoms with E-state index in [1.165, 1.54) is 0 Å². The predicted molar refractivity (Wildman–Crippen MR) is 54.3 cm³/mol. The summed E-state index contributed by atoms with van der Waals surface area (Å²) < 4.78 is 26.2. The molecule has 0 spiro atoms. The van der Waals surface area contributed by atoms with Crippen LogP contribution in [0.2, 0.25) is 0 Å². The minimum atomic E-state index is -0.941. The summed E-state index contributed by atoms with van der Waals surface area (Å²) in [7, 11) is 0. The Morgan fingerprint density at radius 2 is 2.06 bits per heavy atom. The van der Waals surface area contributed by atoms with E-state index in [0.717, 1.165) is 25.3 Å². The van der Waals surface area contributed by atoms with Gasteiger partial charge in [-0.25, -0.2) is 8.78 Å². The highest BCUT2D eigenvalue weighted by Crippen LogP contribution is 2.32. The van der Waals surface area contributed by atoms with Gasteiger partial charge in [-0.2, -0.15) is 0 Å². The Morgan fingerprint density at radius 1 is 1.38 bits per heavy atom. The molecule has 0 unspecified atom stereocenters. The van der Waals surface area contributed by atoms with Crippen LogP contribution in [0.1, 0.15) is 19.3 Å². The van der Waals surface area contributed by atoms with Crippen molar-refractivity contribution in [2.24, 2.45) is 0 Å². The third-order valence-corrected chi connectivity index (χ3v) is 2.68. The zero-order valence-electron chi connectivity index (χ0n) is 8.37. The number of nitro groups is 1. The Morgan fingerprint density at radius 3 is 2.56 bits per heavy atom. The lowest BCUT2D eigenvalue weighted by atomic mass is 9.93. The van der Waals surface area contributed by atoms with Crippen molar-refractivity contribution < 1.29 is 13.7 Å². The topological polar surface area (TPSA) is 55.2 Å². The van der Waals surface area contributed by atoms with Crippen molar-refractivity contribution in [3.05, 3.63) is 33.9 Å². The van der Waals surface area contributed by atoms with Gasteiger partial charge in [0, 0.05) is 12.1 Å². The average Bonchev–Trinajstić information content (AvgIpc) is 2.12. The molecular formula is C10H10F2N2O2. The van der Waals surface area contributed by atoms with E-state index in [9.17, 15) is 18.9 Å². The van der Waals surface area contributed by atoms with Gasteiger partial charge in [0.25, 0.3) is 5.69 Å². The summed E-state index contributed by atoms with van der Waals surface area (Å²) in [6.07, 6.45) is 2.73. The van der Waals surface area contributed by atoms with Gasteiger partial charge in [-0.3, -0.25) is 10.1 Å². The van der Waals surface area contributed by atoms with Gasteiger partial charge in [0.15, 0.2) is 5.82 Å². The molecule has 1 saturated carbocycles.